The normalized spacial score (nSPS) is 10.5. The number of aryl methyl sites for hydroxylation is 1. The Morgan fingerprint density at radius 3 is 2.89 bits per heavy atom. The SMILES string of the molecule is COCc1nc(Cl)cc(Nc2cccc(C)c2Br)n1. The summed E-state index contributed by atoms with van der Waals surface area (Å²) in [5.74, 6) is 1.18. The van der Waals surface area contributed by atoms with Crippen molar-refractivity contribution in [2.75, 3.05) is 12.4 Å². The van der Waals surface area contributed by atoms with E-state index in [4.69, 9.17) is 16.3 Å². The van der Waals surface area contributed by atoms with E-state index >= 15 is 0 Å². The Balaban J connectivity index is 2.30. The lowest BCUT2D eigenvalue weighted by Crippen LogP contribution is -2.02. The van der Waals surface area contributed by atoms with Crippen LogP contribution < -0.4 is 5.32 Å². The maximum Gasteiger partial charge on any atom is 0.158 e. The number of halogens is 2. The first-order valence-corrected chi connectivity index (χ1v) is 6.82. The number of anilines is 2. The molecule has 1 N–H and O–H groups in total. The molecule has 0 saturated heterocycles. The number of rotatable bonds is 4. The molecule has 0 aliphatic heterocycles. The van der Waals surface area contributed by atoms with E-state index in [9.17, 15) is 0 Å². The van der Waals surface area contributed by atoms with Crippen molar-refractivity contribution in [1.29, 1.82) is 0 Å². The van der Waals surface area contributed by atoms with Gasteiger partial charge >= 0.3 is 0 Å². The Kier molecular flexibility index (Phi) is 4.74. The molecule has 100 valence electrons. The van der Waals surface area contributed by atoms with Gasteiger partial charge < -0.3 is 10.1 Å². The smallest absolute Gasteiger partial charge is 0.158 e. The van der Waals surface area contributed by atoms with Gasteiger partial charge in [-0.2, -0.15) is 0 Å². The van der Waals surface area contributed by atoms with Gasteiger partial charge in [-0.3, -0.25) is 0 Å². The molecule has 0 atom stereocenters. The first kappa shape index (κ1) is 14.2. The average molecular weight is 343 g/mol. The van der Waals surface area contributed by atoms with Gasteiger partial charge in [-0.25, -0.2) is 9.97 Å². The van der Waals surface area contributed by atoms with Crippen molar-refractivity contribution in [1.82, 2.24) is 9.97 Å². The summed E-state index contributed by atoms with van der Waals surface area (Å²) in [7, 11) is 1.59. The molecule has 0 radical (unpaired) electrons. The highest BCUT2D eigenvalue weighted by Crippen LogP contribution is 2.28. The van der Waals surface area contributed by atoms with Crippen LogP contribution >= 0.6 is 27.5 Å². The van der Waals surface area contributed by atoms with Gasteiger partial charge in [0.15, 0.2) is 5.82 Å². The van der Waals surface area contributed by atoms with E-state index in [1.165, 1.54) is 0 Å². The zero-order valence-corrected chi connectivity index (χ0v) is 12.9. The maximum atomic E-state index is 5.96. The molecular formula is C13H13BrClN3O. The minimum absolute atomic E-state index is 0.324. The van der Waals surface area contributed by atoms with Crippen molar-refractivity contribution in [2.45, 2.75) is 13.5 Å². The van der Waals surface area contributed by atoms with Crippen LogP contribution in [0, 0.1) is 6.92 Å². The molecule has 6 heteroatoms. The number of aromatic nitrogens is 2. The van der Waals surface area contributed by atoms with Gasteiger partial charge in [0, 0.05) is 17.6 Å². The topological polar surface area (TPSA) is 47.0 Å². The van der Waals surface area contributed by atoms with E-state index in [0.29, 0.717) is 23.4 Å². The Morgan fingerprint density at radius 1 is 1.37 bits per heavy atom. The lowest BCUT2D eigenvalue weighted by Gasteiger charge is -2.10. The van der Waals surface area contributed by atoms with E-state index in [1.807, 2.05) is 25.1 Å². The summed E-state index contributed by atoms with van der Waals surface area (Å²) < 4.78 is 6.01. The monoisotopic (exact) mass is 341 g/mol. The minimum atomic E-state index is 0.324. The molecule has 2 rings (SSSR count). The van der Waals surface area contributed by atoms with Crippen LogP contribution in [0.1, 0.15) is 11.4 Å². The highest BCUT2D eigenvalue weighted by Gasteiger charge is 2.06. The van der Waals surface area contributed by atoms with Crippen molar-refractivity contribution < 1.29 is 4.74 Å². The third kappa shape index (κ3) is 3.65. The lowest BCUT2D eigenvalue weighted by molar-refractivity contribution is 0.178. The van der Waals surface area contributed by atoms with Crippen LogP contribution in [0.4, 0.5) is 11.5 Å². The molecule has 19 heavy (non-hydrogen) atoms. The van der Waals surface area contributed by atoms with Crippen LogP contribution in [-0.4, -0.2) is 17.1 Å². The molecule has 0 spiro atoms. The fraction of sp³-hybridized carbons (Fsp3) is 0.231. The van der Waals surface area contributed by atoms with Gasteiger partial charge in [0.1, 0.15) is 17.6 Å². The van der Waals surface area contributed by atoms with Crippen molar-refractivity contribution in [2.24, 2.45) is 0 Å². The summed E-state index contributed by atoms with van der Waals surface area (Å²) in [6.07, 6.45) is 0. The molecule has 0 bridgehead atoms. The Labute approximate surface area is 125 Å². The predicted molar refractivity (Wildman–Crippen MR) is 79.9 cm³/mol. The summed E-state index contributed by atoms with van der Waals surface area (Å²) in [5.41, 5.74) is 2.07. The standard InChI is InChI=1S/C13H13BrClN3O/c1-8-4-3-5-9(13(8)14)16-11-6-10(15)17-12(18-11)7-19-2/h3-6H,7H2,1-2H3,(H,16,17,18). The molecule has 0 unspecified atom stereocenters. The summed E-state index contributed by atoms with van der Waals surface area (Å²) in [6, 6.07) is 7.64. The van der Waals surface area contributed by atoms with Crippen LogP contribution in [0.15, 0.2) is 28.7 Å². The minimum Gasteiger partial charge on any atom is -0.377 e. The molecule has 1 heterocycles. The molecule has 4 nitrogen and oxygen atoms in total. The molecular weight excluding hydrogens is 330 g/mol. The van der Waals surface area contributed by atoms with Crippen LogP contribution in [0.3, 0.4) is 0 Å². The Hall–Kier alpha value is -1.17. The highest BCUT2D eigenvalue weighted by atomic mass is 79.9. The molecule has 2 aromatic rings. The van der Waals surface area contributed by atoms with E-state index < -0.39 is 0 Å². The fourth-order valence-corrected chi connectivity index (χ4v) is 2.17. The molecule has 0 aliphatic rings. The van der Waals surface area contributed by atoms with E-state index in [-0.39, 0.29) is 0 Å². The first-order valence-electron chi connectivity index (χ1n) is 5.64. The maximum absolute atomic E-state index is 5.96. The largest absolute Gasteiger partial charge is 0.377 e. The van der Waals surface area contributed by atoms with Crippen molar-refractivity contribution >= 4 is 39.0 Å². The number of nitrogens with one attached hydrogen (secondary N) is 1. The van der Waals surface area contributed by atoms with Gasteiger partial charge in [0.05, 0.1) is 5.69 Å². The third-order valence-corrected chi connectivity index (χ3v) is 3.72. The van der Waals surface area contributed by atoms with Crippen LogP contribution in [0.2, 0.25) is 5.15 Å². The lowest BCUT2D eigenvalue weighted by atomic mass is 10.2. The van der Waals surface area contributed by atoms with Crippen LogP contribution in [-0.2, 0) is 11.3 Å². The van der Waals surface area contributed by atoms with E-state index in [0.717, 1.165) is 15.7 Å². The van der Waals surface area contributed by atoms with Gasteiger partial charge in [-0.1, -0.05) is 23.7 Å². The summed E-state index contributed by atoms with van der Waals surface area (Å²) in [5, 5.41) is 3.60. The molecule has 0 aliphatic carbocycles. The predicted octanol–water partition coefficient (Wildman–Crippen LogP) is 4.09. The summed E-state index contributed by atoms with van der Waals surface area (Å²) in [4.78, 5) is 8.42. The molecule has 0 fully saturated rings. The van der Waals surface area contributed by atoms with Crippen LogP contribution in [0.25, 0.3) is 0 Å². The van der Waals surface area contributed by atoms with E-state index in [2.05, 4.69) is 31.2 Å². The average Bonchev–Trinajstić information content (AvgIpc) is 2.35. The number of hydrogen-bond acceptors (Lipinski definition) is 4. The number of benzene rings is 1. The second-order valence-corrected chi connectivity index (χ2v) is 5.17. The van der Waals surface area contributed by atoms with Gasteiger partial charge in [-0.05, 0) is 34.5 Å². The highest BCUT2D eigenvalue weighted by molar-refractivity contribution is 9.10. The summed E-state index contributed by atoms with van der Waals surface area (Å²) >= 11 is 9.51. The van der Waals surface area contributed by atoms with Gasteiger partial charge in [0.2, 0.25) is 0 Å². The zero-order valence-electron chi connectivity index (χ0n) is 10.6. The van der Waals surface area contributed by atoms with Crippen molar-refractivity contribution in [3.8, 4) is 0 Å². The quantitative estimate of drug-likeness (QED) is 0.850. The number of ether oxygens (including phenoxy) is 1. The number of methoxy groups -OCH3 is 1. The zero-order chi connectivity index (χ0) is 13.8. The van der Waals surface area contributed by atoms with Gasteiger partial charge in [0.25, 0.3) is 0 Å². The Morgan fingerprint density at radius 2 is 2.16 bits per heavy atom. The number of hydrogen-bond donors (Lipinski definition) is 1. The molecule has 1 aromatic carbocycles. The van der Waals surface area contributed by atoms with Gasteiger partial charge in [-0.15, -0.1) is 0 Å². The molecule has 0 amide bonds. The Bertz CT molecular complexity index is 592. The second-order valence-electron chi connectivity index (χ2n) is 3.99. The van der Waals surface area contributed by atoms with E-state index in [1.54, 1.807) is 13.2 Å². The summed E-state index contributed by atoms with van der Waals surface area (Å²) in [6.45, 7) is 2.35. The first-order chi connectivity index (χ1) is 9.10. The fourth-order valence-electron chi connectivity index (χ4n) is 1.60. The van der Waals surface area contributed by atoms with Crippen molar-refractivity contribution in [3.63, 3.8) is 0 Å². The van der Waals surface area contributed by atoms with Crippen LogP contribution in [0.5, 0.6) is 0 Å². The third-order valence-electron chi connectivity index (χ3n) is 2.47. The number of nitrogens with zero attached hydrogens (tertiary/aromatic N) is 2. The molecule has 1 aromatic heterocycles. The van der Waals surface area contributed by atoms with Crippen molar-refractivity contribution in [3.05, 3.63) is 45.3 Å². The molecule has 0 saturated carbocycles. The second kappa shape index (κ2) is 6.32.